The van der Waals surface area contributed by atoms with Gasteiger partial charge in [0.2, 0.25) is 0 Å². The van der Waals surface area contributed by atoms with Crippen molar-refractivity contribution in [2.75, 3.05) is 11.1 Å². The maximum absolute atomic E-state index is 12.3. The average molecular weight is 315 g/mol. The molecule has 1 fully saturated rings. The van der Waals surface area contributed by atoms with Gasteiger partial charge in [0.1, 0.15) is 6.04 Å². The summed E-state index contributed by atoms with van der Waals surface area (Å²) in [5.74, 6) is -0.585. The number of anilines is 1. The van der Waals surface area contributed by atoms with Crippen LogP contribution in [-0.4, -0.2) is 39.2 Å². The van der Waals surface area contributed by atoms with Gasteiger partial charge < -0.3 is 10.4 Å². The number of benzene rings is 1. The number of rotatable bonds is 2. The van der Waals surface area contributed by atoms with Crippen molar-refractivity contribution < 1.29 is 14.7 Å². The fourth-order valence-corrected chi connectivity index (χ4v) is 3.41. The predicted octanol–water partition coefficient (Wildman–Crippen LogP) is 3.03. The molecule has 20 heavy (non-hydrogen) atoms. The van der Waals surface area contributed by atoms with Gasteiger partial charge in [0.25, 0.3) is 0 Å². The van der Waals surface area contributed by atoms with E-state index in [1.807, 2.05) is 6.92 Å². The zero-order valence-corrected chi connectivity index (χ0v) is 12.7. The Morgan fingerprint density at radius 1 is 1.50 bits per heavy atom. The molecular formula is C13H15ClN2O3S. The summed E-state index contributed by atoms with van der Waals surface area (Å²) in [6, 6.07) is 4.00. The highest BCUT2D eigenvalue weighted by molar-refractivity contribution is 8.00. The van der Waals surface area contributed by atoms with Crippen molar-refractivity contribution >= 4 is 41.1 Å². The number of thioether (sulfide) groups is 1. The van der Waals surface area contributed by atoms with Crippen molar-refractivity contribution in [2.45, 2.75) is 25.3 Å². The maximum Gasteiger partial charge on any atom is 0.327 e. The number of aliphatic carboxylic acids is 1. The number of nitrogens with one attached hydrogen (secondary N) is 1. The number of carboxylic acid groups (broad SMARTS) is 1. The van der Waals surface area contributed by atoms with Crippen LogP contribution in [0.15, 0.2) is 18.2 Å². The number of urea groups is 1. The summed E-state index contributed by atoms with van der Waals surface area (Å²) < 4.78 is 0. The number of carbonyl (C=O) groups excluding carboxylic acids is 1. The second-order valence-electron chi connectivity index (χ2n) is 4.54. The first kappa shape index (κ1) is 15.0. The van der Waals surface area contributed by atoms with Crippen LogP contribution in [0, 0.1) is 6.92 Å². The third-order valence-corrected chi connectivity index (χ3v) is 4.88. The first-order chi connectivity index (χ1) is 9.41. The van der Waals surface area contributed by atoms with Gasteiger partial charge in [-0.05, 0) is 31.5 Å². The topological polar surface area (TPSA) is 69.6 Å². The molecule has 7 heteroatoms. The number of hydrogen-bond donors (Lipinski definition) is 2. The Morgan fingerprint density at radius 3 is 2.85 bits per heavy atom. The maximum atomic E-state index is 12.3. The number of halogens is 1. The lowest BCUT2D eigenvalue weighted by Crippen LogP contribution is -2.46. The lowest BCUT2D eigenvalue weighted by Gasteiger charge is -2.25. The van der Waals surface area contributed by atoms with Crippen LogP contribution in [0.1, 0.15) is 12.5 Å². The monoisotopic (exact) mass is 314 g/mol. The summed E-state index contributed by atoms with van der Waals surface area (Å²) in [5.41, 5.74) is 1.35. The molecule has 0 saturated carbocycles. The lowest BCUT2D eigenvalue weighted by molar-refractivity contribution is -0.141. The Labute approximate surface area is 126 Å². The van der Waals surface area contributed by atoms with Crippen molar-refractivity contribution in [3.8, 4) is 0 Å². The molecule has 0 spiro atoms. The van der Waals surface area contributed by atoms with Crippen LogP contribution >= 0.6 is 23.4 Å². The van der Waals surface area contributed by atoms with Gasteiger partial charge in [-0.25, -0.2) is 9.59 Å². The van der Waals surface area contributed by atoms with E-state index in [-0.39, 0.29) is 5.37 Å². The first-order valence-corrected chi connectivity index (χ1v) is 7.53. The average Bonchev–Trinajstić information content (AvgIpc) is 2.77. The van der Waals surface area contributed by atoms with Crippen LogP contribution in [0.2, 0.25) is 5.02 Å². The van der Waals surface area contributed by atoms with Crippen LogP contribution in [0.4, 0.5) is 10.5 Å². The molecule has 2 unspecified atom stereocenters. The van der Waals surface area contributed by atoms with E-state index < -0.39 is 18.0 Å². The summed E-state index contributed by atoms with van der Waals surface area (Å²) in [4.78, 5) is 24.8. The van der Waals surface area contributed by atoms with Gasteiger partial charge in [0, 0.05) is 16.5 Å². The number of carboxylic acids is 1. The van der Waals surface area contributed by atoms with Crippen LogP contribution in [0.25, 0.3) is 0 Å². The summed E-state index contributed by atoms with van der Waals surface area (Å²) in [6.45, 7) is 3.62. The van der Waals surface area contributed by atoms with E-state index in [0.717, 1.165) is 5.56 Å². The van der Waals surface area contributed by atoms with Crippen LogP contribution in [-0.2, 0) is 4.79 Å². The Morgan fingerprint density at radius 2 is 2.20 bits per heavy atom. The molecule has 1 saturated heterocycles. The van der Waals surface area contributed by atoms with Gasteiger partial charge in [-0.2, -0.15) is 0 Å². The molecule has 1 aromatic rings. The third kappa shape index (κ3) is 2.86. The molecule has 0 radical (unpaired) electrons. The van der Waals surface area contributed by atoms with E-state index in [2.05, 4.69) is 5.32 Å². The summed E-state index contributed by atoms with van der Waals surface area (Å²) in [7, 11) is 0. The number of carbonyl (C=O) groups is 2. The van der Waals surface area contributed by atoms with Gasteiger partial charge >= 0.3 is 12.0 Å². The Bertz CT molecular complexity index is 552. The molecule has 2 rings (SSSR count). The molecule has 1 aromatic carbocycles. The van der Waals surface area contributed by atoms with Gasteiger partial charge in [-0.3, -0.25) is 4.90 Å². The molecule has 108 valence electrons. The standard InChI is InChI=1S/C13H15ClN2O3S/c1-7-9(14)4-3-5-10(7)15-13(19)16-8(2)20-6-11(16)12(17)18/h3-5,8,11H,6H2,1-2H3,(H,15,19)(H,17,18). The minimum absolute atomic E-state index is 0.171. The molecule has 1 aliphatic rings. The minimum atomic E-state index is -0.986. The molecule has 2 atom stereocenters. The lowest BCUT2D eigenvalue weighted by atomic mass is 10.2. The van der Waals surface area contributed by atoms with Gasteiger partial charge in [-0.15, -0.1) is 11.8 Å². The van der Waals surface area contributed by atoms with E-state index in [1.54, 1.807) is 25.1 Å². The first-order valence-electron chi connectivity index (χ1n) is 6.10. The van der Waals surface area contributed by atoms with E-state index in [4.69, 9.17) is 16.7 Å². The highest BCUT2D eigenvalue weighted by Gasteiger charge is 2.39. The molecule has 1 aliphatic heterocycles. The Balaban J connectivity index is 2.19. The van der Waals surface area contributed by atoms with Crippen molar-refractivity contribution in [1.82, 2.24) is 4.90 Å². The molecule has 0 aliphatic carbocycles. The van der Waals surface area contributed by atoms with Gasteiger partial charge in [-0.1, -0.05) is 17.7 Å². The Hall–Kier alpha value is -1.40. The van der Waals surface area contributed by atoms with Gasteiger partial charge in [0.05, 0.1) is 5.37 Å². The number of nitrogens with zero attached hydrogens (tertiary/aromatic N) is 1. The number of amides is 2. The van der Waals surface area contributed by atoms with Gasteiger partial charge in [0.15, 0.2) is 0 Å². The fourth-order valence-electron chi connectivity index (χ4n) is 2.06. The van der Waals surface area contributed by atoms with Crippen molar-refractivity contribution in [2.24, 2.45) is 0 Å². The van der Waals surface area contributed by atoms with E-state index in [9.17, 15) is 9.59 Å². The number of hydrogen-bond acceptors (Lipinski definition) is 3. The van der Waals surface area contributed by atoms with E-state index >= 15 is 0 Å². The molecular weight excluding hydrogens is 300 g/mol. The molecule has 0 bridgehead atoms. The van der Waals surface area contributed by atoms with Crippen molar-refractivity contribution in [3.05, 3.63) is 28.8 Å². The molecule has 1 heterocycles. The van der Waals surface area contributed by atoms with Crippen molar-refractivity contribution in [3.63, 3.8) is 0 Å². The molecule has 2 amide bonds. The summed E-state index contributed by atoms with van der Waals surface area (Å²) >= 11 is 7.45. The molecule has 5 nitrogen and oxygen atoms in total. The van der Waals surface area contributed by atoms with E-state index in [1.165, 1.54) is 16.7 Å². The second-order valence-corrected chi connectivity index (χ2v) is 6.29. The third-order valence-electron chi connectivity index (χ3n) is 3.25. The Kier molecular flexibility index (Phi) is 4.45. The SMILES string of the molecule is Cc1c(Cl)cccc1NC(=O)N1C(C)SCC1C(=O)O. The van der Waals surface area contributed by atoms with Crippen LogP contribution in [0.5, 0.6) is 0 Å². The molecule has 2 N–H and O–H groups in total. The second kappa shape index (κ2) is 5.93. The minimum Gasteiger partial charge on any atom is -0.480 e. The van der Waals surface area contributed by atoms with E-state index in [0.29, 0.717) is 16.5 Å². The largest absolute Gasteiger partial charge is 0.480 e. The predicted molar refractivity (Wildman–Crippen MR) is 80.4 cm³/mol. The van der Waals surface area contributed by atoms with Crippen LogP contribution in [0.3, 0.4) is 0 Å². The summed E-state index contributed by atoms with van der Waals surface area (Å²) in [5, 5.41) is 12.3. The van der Waals surface area contributed by atoms with Crippen LogP contribution < -0.4 is 5.32 Å². The fraction of sp³-hybridized carbons (Fsp3) is 0.385. The smallest absolute Gasteiger partial charge is 0.327 e. The molecule has 0 aromatic heterocycles. The zero-order valence-electron chi connectivity index (χ0n) is 11.1. The zero-order chi connectivity index (χ0) is 14.9. The normalized spacial score (nSPS) is 21.9. The van der Waals surface area contributed by atoms with Crippen molar-refractivity contribution in [1.29, 1.82) is 0 Å². The summed E-state index contributed by atoms with van der Waals surface area (Å²) in [6.07, 6.45) is 0. The highest BCUT2D eigenvalue weighted by atomic mass is 35.5. The quantitative estimate of drug-likeness (QED) is 0.880. The highest BCUT2D eigenvalue weighted by Crippen LogP contribution is 2.30.